The number of hydrogen-bond acceptors (Lipinski definition) is 2. The summed E-state index contributed by atoms with van der Waals surface area (Å²) in [6.07, 6.45) is 4.78. The first-order valence-corrected chi connectivity index (χ1v) is 12.4. The first kappa shape index (κ1) is 18.3. The lowest BCUT2D eigenvalue weighted by Crippen LogP contribution is -2.25. The summed E-state index contributed by atoms with van der Waals surface area (Å²) in [7, 11) is 0. The molecular formula is C24H24NPS. The molecule has 0 amide bonds. The minimum Gasteiger partial charge on any atom is -0.289 e. The second kappa shape index (κ2) is 8.33. The molecule has 0 spiro atoms. The molecule has 1 aliphatic rings. The molecule has 0 atom stereocenters. The van der Waals surface area contributed by atoms with E-state index in [1.807, 2.05) is 0 Å². The zero-order valence-corrected chi connectivity index (χ0v) is 17.1. The van der Waals surface area contributed by atoms with Gasteiger partial charge in [0.25, 0.3) is 0 Å². The van der Waals surface area contributed by atoms with E-state index in [-0.39, 0.29) is 0 Å². The smallest absolute Gasteiger partial charge is 0.0420 e. The van der Waals surface area contributed by atoms with Gasteiger partial charge in [-0.25, -0.2) is 0 Å². The van der Waals surface area contributed by atoms with Crippen LogP contribution in [0, 0.1) is 0 Å². The van der Waals surface area contributed by atoms with E-state index in [0.29, 0.717) is 0 Å². The summed E-state index contributed by atoms with van der Waals surface area (Å²) in [6.45, 7) is 0.949. The highest BCUT2D eigenvalue weighted by Crippen LogP contribution is 2.42. The van der Waals surface area contributed by atoms with Crippen molar-refractivity contribution < 1.29 is 0 Å². The van der Waals surface area contributed by atoms with Crippen molar-refractivity contribution in [2.24, 2.45) is 4.99 Å². The minimum absolute atomic E-state index is 0.949. The fraction of sp³-hybridized carbons (Fsp3) is 0.208. The Morgan fingerprint density at radius 3 is 1.96 bits per heavy atom. The highest BCUT2D eigenvalue weighted by Gasteiger charge is 2.25. The van der Waals surface area contributed by atoms with Crippen LogP contribution in [0.15, 0.2) is 89.9 Å². The van der Waals surface area contributed by atoms with E-state index >= 15 is 0 Å². The molecule has 0 saturated carbocycles. The van der Waals surface area contributed by atoms with Crippen LogP contribution in [-0.4, -0.2) is 12.3 Å². The van der Waals surface area contributed by atoms with E-state index in [9.17, 15) is 0 Å². The Balaban J connectivity index is 1.86. The molecule has 0 aliphatic carbocycles. The molecule has 0 N–H and O–H groups in total. The summed E-state index contributed by atoms with van der Waals surface area (Å²) in [4.78, 5) is 4.86. The zero-order valence-electron chi connectivity index (χ0n) is 15.4. The lowest BCUT2D eigenvalue weighted by molar-refractivity contribution is 0.731. The summed E-state index contributed by atoms with van der Waals surface area (Å²) in [5.74, 6) is 0. The highest BCUT2D eigenvalue weighted by atomic mass is 32.4. The van der Waals surface area contributed by atoms with Crippen molar-refractivity contribution in [1.29, 1.82) is 0 Å². The second-order valence-corrected chi connectivity index (χ2v) is 11.4. The van der Waals surface area contributed by atoms with E-state index in [4.69, 9.17) is 16.8 Å². The molecule has 0 aromatic heterocycles. The van der Waals surface area contributed by atoms with Crippen molar-refractivity contribution in [2.75, 3.05) is 6.54 Å². The summed E-state index contributed by atoms with van der Waals surface area (Å²) >= 11 is 6.46. The van der Waals surface area contributed by atoms with E-state index < -0.39 is 6.04 Å². The van der Waals surface area contributed by atoms with Crippen molar-refractivity contribution in [1.82, 2.24) is 0 Å². The van der Waals surface area contributed by atoms with Gasteiger partial charge in [0.2, 0.25) is 0 Å². The first-order valence-electron chi connectivity index (χ1n) is 9.64. The van der Waals surface area contributed by atoms with Crippen LogP contribution < -0.4 is 15.9 Å². The first-order chi connectivity index (χ1) is 13.3. The van der Waals surface area contributed by atoms with Gasteiger partial charge in [-0.15, -0.1) is 0 Å². The molecule has 0 radical (unpaired) electrons. The SMILES string of the molecule is S=P(c1ccccc1)(c1ccccc1)c1cccc(C2=NCCCCC2)c1. The molecule has 1 aliphatic heterocycles. The normalized spacial score (nSPS) is 15.0. The van der Waals surface area contributed by atoms with Crippen LogP contribution in [0.25, 0.3) is 0 Å². The fourth-order valence-corrected chi connectivity index (χ4v) is 7.48. The van der Waals surface area contributed by atoms with Gasteiger partial charge < -0.3 is 0 Å². The molecule has 3 aromatic rings. The molecule has 27 heavy (non-hydrogen) atoms. The number of nitrogens with zero attached hydrogens (tertiary/aromatic N) is 1. The molecule has 0 bridgehead atoms. The lowest BCUT2D eigenvalue weighted by Gasteiger charge is -2.24. The number of benzene rings is 3. The molecule has 3 heteroatoms. The van der Waals surface area contributed by atoms with Gasteiger partial charge in [-0.3, -0.25) is 4.99 Å². The molecule has 4 rings (SSSR count). The van der Waals surface area contributed by atoms with Gasteiger partial charge in [0, 0.05) is 18.3 Å². The maximum absolute atomic E-state index is 6.46. The van der Waals surface area contributed by atoms with Crippen LogP contribution in [-0.2, 0) is 11.8 Å². The summed E-state index contributed by atoms with van der Waals surface area (Å²) in [6, 6.07) is 28.0. The summed E-state index contributed by atoms with van der Waals surface area (Å²) in [5, 5.41) is 3.73. The third kappa shape index (κ3) is 3.83. The monoisotopic (exact) mass is 389 g/mol. The standard InChI is InChI=1S/C24H24NPS/c27-26(21-12-4-1-5-13-21,22-14-6-2-7-15-22)23-16-10-11-20(19-23)24-17-8-3-9-18-25-24/h1-2,4-7,10-16,19H,3,8-9,17-18H2. The Kier molecular flexibility index (Phi) is 5.66. The quantitative estimate of drug-likeness (QED) is 0.584. The van der Waals surface area contributed by atoms with Crippen LogP contribution >= 0.6 is 6.04 Å². The maximum atomic E-state index is 6.46. The Bertz CT molecular complexity index is 936. The fourth-order valence-electron chi connectivity index (χ4n) is 3.71. The topological polar surface area (TPSA) is 12.4 Å². The van der Waals surface area contributed by atoms with Gasteiger partial charge in [-0.2, -0.15) is 0 Å². The van der Waals surface area contributed by atoms with Crippen LogP contribution in [0.2, 0.25) is 0 Å². The average Bonchev–Trinajstić information content (AvgIpc) is 3.04. The molecule has 0 fully saturated rings. The van der Waals surface area contributed by atoms with E-state index in [1.54, 1.807) is 0 Å². The molecule has 0 saturated heterocycles. The predicted octanol–water partition coefficient (Wildman–Crippen LogP) is 4.81. The predicted molar refractivity (Wildman–Crippen MR) is 122 cm³/mol. The van der Waals surface area contributed by atoms with Gasteiger partial charge >= 0.3 is 0 Å². The molecular weight excluding hydrogens is 365 g/mol. The van der Waals surface area contributed by atoms with E-state index in [1.165, 1.54) is 46.5 Å². The summed E-state index contributed by atoms with van der Waals surface area (Å²) < 4.78 is 0. The molecule has 1 nitrogen and oxygen atoms in total. The second-order valence-electron chi connectivity index (χ2n) is 6.97. The Labute approximate surface area is 167 Å². The lowest BCUT2D eigenvalue weighted by atomic mass is 10.1. The third-order valence-electron chi connectivity index (χ3n) is 5.16. The van der Waals surface area contributed by atoms with Crippen LogP contribution in [0.1, 0.15) is 31.2 Å². The van der Waals surface area contributed by atoms with Crippen molar-refractivity contribution in [3.8, 4) is 0 Å². The van der Waals surface area contributed by atoms with E-state index in [0.717, 1.165) is 13.0 Å². The van der Waals surface area contributed by atoms with Gasteiger partial charge in [0.15, 0.2) is 0 Å². The van der Waals surface area contributed by atoms with Crippen molar-refractivity contribution in [3.05, 3.63) is 90.5 Å². The molecule has 3 aromatic carbocycles. The van der Waals surface area contributed by atoms with Crippen molar-refractivity contribution in [3.63, 3.8) is 0 Å². The molecule has 0 unspecified atom stereocenters. The number of hydrogen-bond donors (Lipinski definition) is 0. The van der Waals surface area contributed by atoms with Crippen LogP contribution in [0.3, 0.4) is 0 Å². The average molecular weight is 390 g/mol. The summed E-state index contributed by atoms with van der Waals surface area (Å²) in [5.41, 5.74) is 2.49. The minimum atomic E-state index is -2.09. The number of aliphatic imine (C=N–C) groups is 1. The third-order valence-corrected chi connectivity index (χ3v) is 10.1. The maximum Gasteiger partial charge on any atom is 0.0420 e. The van der Waals surface area contributed by atoms with Crippen molar-refractivity contribution in [2.45, 2.75) is 25.7 Å². The van der Waals surface area contributed by atoms with E-state index in [2.05, 4.69) is 84.9 Å². The Hall–Kier alpha value is -2.02. The van der Waals surface area contributed by atoms with Gasteiger partial charge in [0.1, 0.15) is 0 Å². The van der Waals surface area contributed by atoms with Crippen molar-refractivity contribution >= 4 is 39.5 Å². The molecule has 136 valence electrons. The Morgan fingerprint density at radius 2 is 1.30 bits per heavy atom. The van der Waals surface area contributed by atoms with Gasteiger partial charge in [-0.1, -0.05) is 97.1 Å². The molecule has 1 heterocycles. The highest BCUT2D eigenvalue weighted by molar-refractivity contribution is 8.25. The van der Waals surface area contributed by atoms with Gasteiger partial charge in [-0.05, 0) is 46.8 Å². The zero-order chi connectivity index (χ0) is 18.5. The largest absolute Gasteiger partial charge is 0.289 e. The number of rotatable bonds is 4. The van der Waals surface area contributed by atoms with Gasteiger partial charge in [0.05, 0.1) is 0 Å². The van der Waals surface area contributed by atoms with Crippen LogP contribution in [0.4, 0.5) is 0 Å². The van der Waals surface area contributed by atoms with Crippen LogP contribution in [0.5, 0.6) is 0 Å². The Morgan fingerprint density at radius 1 is 0.667 bits per heavy atom.